The van der Waals surface area contributed by atoms with E-state index < -0.39 is 0 Å². The third-order valence-electron chi connectivity index (χ3n) is 9.35. The van der Waals surface area contributed by atoms with Gasteiger partial charge in [0, 0.05) is 49.9 Å². The van der Waals surface area contributed by atoms with Crippen LogP contribution in [0, 0.1) is 11.2 Å². The Kier molecular flexibility index (Phi) is 7.54. The van der Waals surface area contributed by atoms with Gasteiger partial charge in [-0.1, -0.05) is 29.8 Å². The number of anilines is 1. The molecule has 40 heavy (non-hydrogen) atoms. The van der Waals surface area contributed by atoms with E-state index in [-0.39, 0.29) is 29.0 Å². The fraction of sp³-hybridized carbons (Fsp3) is 0.394. The highest BCUT2D eigenvalue weighted by atomic mass is 35.5. The van der Waals surface area contributed by atoms with Crippen LogP contribution in [0.25, 0.3) is 0 Å². The zero-order valence-corrected chi connectivity index (χ0v) is 23.4. The number of hydrogen-bond acceptors (Lipinski definition) is 3. The number of nitrogens with zero attached hydrogens (tertiary/aromatic N) is 2. The summed E-state index contributed by atoms with van der Waals surface area (Å²) in [7, 11) is 0. The van der Waals surface area contributed by atoms with Gasteiger partial charge < -0.3 is 15.1 Å². The smallest absolute Gasteiger partial charge is 0.253 e. The molecule has 1 unspecified atom stereocenters. The minimum Gasteiger partial charge on any atom is -0.371 e. The molecule has 1 N–H and O–H groups in total. The van der Waals surface area contributed by atoms with Crippen molar-refractivity contribution >= 4 is 29.1 Å². The molecule has 0 radical (unpaired) electrons. The van der Waals surface area contributed by atoms with Gasteiger partial charge in [-0.3, -0.25) is 9.59 Å². The largest absolute Gasteiger partial charge is 0.371 e. The van der Waals surface area contributed by atoms with E-state index in [1.54, 1.807) is 12.1 Å². The van der Waals surface area contributed by atoms with Crippen LogP contribution in [0.3, 0.4) is 0 Å². The number of halogens is 2. The average molecular weight is 560 g/mol. The first-order valence-corrected chi connectivity index (χ1v) is 14.7. The number of amides is 2. The lowest BCUT2D eigenvalue weighted by atomic mass is 9.71. The van der Waals surface area contributed by atoms with Crippen molar-refractivity contribution in [1.29, 1.82) is 0 Å². The third-order valence-corrected chi connectivity index (χ3v) is 9.68. The fourth-order valence-electron chi connectivity index (χ4n) is 6.75. The molecule has 0 aromatic heterocycles. The van der Waals surface area contributed by atoms with Gasteiger partial charge in [0.05, 0.1) is 10.6 Å². The molecule has 2 aliphatic heterocycles. The normalized spacial score (nSPS) is 19.9. The van der Waals surface area contributed by atoms with Gasteiger partial charge in [-0.15, -0.1) is 0 Å². The van der Waals surface area contributed by atoms with E-state index in [0.717, 1.165) is 76.0 Å². The van der Waals surface area contributed by atoms with Crippen LogP contribution < -0.4 is 10.2 Å². The number of benzene rings is 3. The van der Waals surface area contributed by atoms with Crippen LogP contribution in [0.4, 0.5) is 10.1 Å². The molecule has 5 nitrogen and oxygen atoms in total. The summed E-state index contributed by atoms with van der Waals surface area (Å²) in [4.78, 5) is 30.6. The van der Waals surface area contributed by atoms with Gasteiger partial charge in [-0.05, 0) is 104 Å². The highest BCUT2D eigenvalue weighted by Gasteiger charge is 2.39. The Bertz CT molecular complexity index is 1390. The second-order valence-corrected chi connectivity index (χ2v) is 12.0. The maximum Gasteiger partial charge on any atom is 0.253 e. The number of aryl methyl sites for hydroxylation is 1. The molecule has 2 saturated heterocycles. The van der Waals surface area contributed by atoms with Crippen molar-refractivity contribution in [3.63, 3.8) is 0 Å². The molecule has 1 spiro atoms. The first-order chi connectivity index (χ1) is 19.4. The van der Waals surface area contributed by atoms with Crippen LogP contribution >= 0.6 is 11.6 Å². The van der Waals surface area contributed by atoms with Crippen molar-refractivity contribution in [3.8, 4) is 0 Å². The summed E-state index contributed by atoms with van der Waals surface area (Å²) in [6.07, 6.45) is 6.17. The van der Waals surface area contributed by atoms with Gasteiger partial charge in [-0.2, -0.15) is 0 Å². The van der Waals surface area contributed by atoms with Crippen molar-refractivity contribution in [2.75, 3.05) is 37.6 Å². The Morgan fingerprint density at radius 2 is 1.62 bits per heavy atom. The number of nitrogens with one attached hydrogen (secondary N) is 1. The number of rotatable bonds is 5. The lowest BCUT2D eigenvalue weighted by molar-refractivity contribution is 0.0514. The topological polar surface area (TPSA) is 52.7 Å². The predicted molar refractivity (Wildman–Crippen MR) is 157 cm³/mol. The van der Waals surface area contributed by atoms with Crippen molar-refractivity contribution in [2.24, 2.45) is 5.41 Å². The lowest BCUT2D eigenvalue weighted by Gasteiger charge is -2.47. The van der Waals surface area contributed by atoms with Crippen LogP contribution in [-0.2, 0) is 6.42 Å². The minimum absolute atomic E-state index is 0.104. The number of fused-ring (bicyclic) bond motifs is 1. The molecule has 3 aromatic carbocycles. The molecule has 3 aliphatic rings. The molecule has 2 amide bonds. The highest BCUT2D eigenvalue weighted by Crippen LogP contribution is 2.42. The maximum absolute atomic E-state index is 13.5. The molecular formula is C33H35ClFN3O2. The van der Waals surface area contributed by atoms with Gasteiger partial charge >= 0.3 is 0 Å². The minimum atomic E-state index is -0.201. The Morgan fingerprint density at radius 1 is 0.925 bits per heavy atom. The third kappa shape index (κ3) is 5.46. The molecule has 0 bridgehead atoms. The monoisotopic (exact) mass is 559 g/mol. The molecule has 2 heterocycles. The van der Waals surface area contributed by atoms with E-state index in [2.05, 4.69) is 22.3 Å². The van der Waals surface area contributed by atoms with E-state index in [1.807, 2.05) is 35.2 Å². The Balaban J connectivity index is 1.04. The molecular weight excluding hydrogens is 525 g/mol. The number of likely N-dealkylation sites (tertiary alicyclic amines) is 1. The van der Waals surface area contributed by atoms with Crippen LogP contribution in [0.5, 0.6) is 0 Å². The van der Waals surface area contributed by atoms with Crippen molar-refractivity contribution in [1.82, 2.24) is 10.2 Å². The maximum atomic E-state index is 13.5. The summed E-state index contributed by atoms with van der Waals surface area (Å²) in [6.45, 7) is 4.03. The van der Waals surface area contributed by atoms with Crippen molar-refractivity contribution in [2.45, 2.75) is 44.4 Å². The molecule has 3 aromatic rings. The first kappa shape index (κ1) is 26.8. The number of carbonyl (C=O) groups excluding carboxylic acids is 2. The first-order valence-electron chi connectivity index (χ1n) is 14.4. The Morgan fingerprint density at radius 3 is 2.35 bits per heavy atom. The highest BCUT2D eigenvalue weighted by molar-refractivity contribution is 6.33. The zero-order chi connectivity index (χ0) is 27.7. The Hall–Kier alpha value is -3.38. The van der Waals surface area contributed by atoms with E-state index in [9.17, 15) is 14.0 Å². The number of piperidine rings is 2. The quantitative estimate of drug-likeness (QED) is 0.390. The molecule has 208 valence electrons. The van der Waals surface area contributed by atoms with Crippen LogP contribution in [-0.4, -0.2) is 49.4 Å². The summed E-state index contributed by atoms with van der Waals surface area (Å²) in [5, 5.41) is 3.49. The summed E-state index contributed by atoms with van der Waals surface area (Å²) < 4.78 is 13.3. The van der Waals surface area contributed by atoms with Gasteiger partial charge in [0.25, 0.3) is 11.8 Å². The summed E-state index contributed by atoms with van der Waals surface area (Å²) in [6, 6.07) is 20.0. The molecule has 7 heteroatoms. The average Bonchev–Trinajstić information content (AvgIpc) is 3.39. The van der Waals surface area contributed by atoms with E-state index in [4.69, 9.17) is 11.6 Å². The lowest BCUT2D eigenvalue weighted by Crippen LogP contribution is -2.48. The molecule has 1 aliphatic carbocycles. The van der Waals surface area contributed by atoms with Gasteiger partial charge in [0.15, 0.2) is 0 Å². The molecule has 1 atom stereocenters. The number of hydrogen-bond donors (Lipinski definition) is 1. The van der Waals surface area contributed by atoms with Crippen LogP contribution in [0.2, 0.25) is 5.02 Å². The number of carbonyl (C=O) groups is 2. The second-order valence-electron chi connectivity index (χ2n) is 11.6. The van der Waals surface area contributed by atoms with Gasteiger partial charge in [0.2, 0.25) is 0 Å². The summed E-state index contributed by atoms with van der Waals surface area (Å²) >= 11 is 6.19. The van der Waals surface area contributed by atoms with Gasteiger partial charge in [-0.25, -0.2) is 4.39 Å². The molecule has 0 saturated carbocycles. The predicted octanol–water partition coefficient (Wildman–Crippen LogP) is 6.46. The van der Waals surface area contributed by atoms with Crippen LogP contribution in [0.1, 0.15) is 69.9 Å². The second kappa shape index (κ2) is 11.2. The SMILES string of the molecule is O=C(NCC1CCc2ccc(C(=O)N3CCC4(CC3)CCN(c3ccc(F)cc3)CC4)cc21)c1ccccc1Cl. The molecule has 2 fully saturated rings. The molecule has 6 rings (SSSR count). The Labute approximate surface area is 240 Å². The van der Waals surface area contributed by atoms with Gasteiger partial charge in [0.1, 0.15) is 5.82 Å². The van der Waals surface area contributed by atoms with E-state index in [0.29, 0.717) is 17.1 Å². The summed E-state index contributed by atoms with van der Waals surface area (Å²) in [5.41, 5.74) is 5.03. The van der Waals surface area contributed by atoms with Crippen molar-refractivity contribution in [3.05, 3.63) is 99.8 Å². The summed E-state index contributed by atoms with van der Waals surface area (Å²) in [5.74, 6) is -0.0809. The zero-order valence-electron chi connectivity index (χ0n) is 22.7. The fourth-order valence-corrected chi connectivity index (χ4v) is 6.97. The van der Waals surface area contributed by atoms with Crippen LogP contribution in [0.15, 0.2) is 66.7 Å². The van der Waals surface area contributed by atoms with Crippen molar-refractivity contribution < 1.29 is 14.0 Å². The standard InChI is InChI=1S/C33H35ClFN3O2/c34-30-4-2-1-3-28(30)31(39)36-22-25-8-6-23-5-7-24(21-29(23)25)32(40)38-19-15-33(16-20-38)13-17-37(18-14-33)27-11-9-26(35)10-12-27/h1-5,7,9-12,21,25H,6,8,13-20,22H2,(H,36,39). The van der Waals surface area contributed by atoms with E-state index in [1.165, 1.54) is 23.3 Å². The van der Waals surface area contributed by atoms with E-state index >= 15 is 0 Å².